The van der Waals surface area contributed by atoms with Crippen molar-refractivity contribution in [1.29, 1.82) is 0 Å². The van der Waals surface area contributed by atoms with Gasteiger partial charge < -0.3 is 10.4 Å². The maximum absolute atomic E-state index is 11.9. The zero-order valence-electron chi connectivity index (χ0n) is 12.0. The molecule has 2 amide bonds. The standard InChI is InChI=1S/C13H16IN5O3/c1-9(20)19(14)7-3-2-6-16-13(22)11-5-4-10(17-18-15)8-12(11)21/h4-5,8,21H,2-3,6-7H2,1H3,(H,16,22). The molecule has 0 radical (unpaired) electrons. The van der Waals surface area contributed by atoms with Gasteiger partial charge in [-0.1, -0.05) is 11.2 Å². The monoisotopic (exact) mass is 417 g/mol. The largest absolute Gasteiger partial charge is 0.507 e. The van der Waals surface area contributed by atoms with Gasteiger partial charge in [0.05, 0.1) is 28.4 Å². The number of carbonyl (C=O) groups is 2. The fraction of sp³-hybridized carbons (Fsp3) is 0.385. The molecule has 0 aliphatic rings. The van der Waals surface area contributed by atoms with Gasteiger partial charge >= 0.3 is 0 Å². The number of amides is 2. The van der Waals surface area contributed by atoms with Gasteiger partial charge in [-0.25, -0.2) is 0 Å². The Morgan fingerprint density at radius 2 is 2.18 bits per heavy atom. The molecule has 22 heavy (non-hydrogen) atoms. The summed E-state index contributed by atoms with van der Waals surface area (Å²) in [7, 11) is 0. The minimum atomic E-state index is -0.400. The van der Waals surface area contributed by atoms with Crippen molar-refractivity contribution in [3.8, 4) is 5.75 Å². The van der Waals surface area contributed by atoms with Crippen molar-refractivity contribution >= 4 is 40.4 Å². The topological polar surface area (TPSA) is 118 Å². The first-order valence-corrected chi connectivity index (χ1v) is 7.52. The Morgan fingerprint density at radius 1 is 1.45 bits per heavy atom. The number of hydrogen-bond donors (Lipinski definition) is 2. The van der Waals surface area contributed by atoms with Crippen LogP contribution in [0.4, 0.5) is 5.69 Å². The number of phenols is 1. The van der Waals surface area contributed by atoms with E-state index in [1.54, 1.807) is 3.11 Å². The first-order valence-electron chi connectivity index (χ1n) is 6.56. The number of nitrogens with zero attached hydrogens (tertiary/aromatic N) is 4. The summed E-state index contributed by atoms with van der Waals surface area (Å²) < 4.78 is 1.58. The van der Waals surface area contributed by atoms with E-state index in [1.807, 2.05) is 22.9 Å². The first kappa shape index (κ1) is 18.1. The average Bonchev–Trinajstić information content (AvgIpc) is 2.46. The van der Waals surface area contributed by atoms with Crippen LogP contribution in [0.15, 0.2) is 23.3 Å². The molecule has 0 aromatic heterocycles. The van der Waals surface area contributed by atoms with E-state index >= 15 is 0 Å². The Bertz CT molecular complexity index is 601. The number of rotatable bonds is 7. The van der Waals surface area contributed by atoms with E-state index in [1.165, 1.54) is 25.1 Å². The van der Waals surface area contributed by atoms with Crippen molar-refractivity contribution in [2.24, 2.45) is 5.11 Å². The van der Waals surface area contributed by atoms with Crippen molar-refractivity contribution in [1.82, 2.24) is 8.43 Å². The van der Waals surface area contributed by atoms with Gasteiger partial charge in [0.2, 0.25) is 5.91 Å². The number of nitrogens with one attached hydrogen (secondary N) is 1. The lowest BCUT2D eigenvalue weighted by molar-refractivity contribution is -0.123. The fourth-order valence-corrected chi connectivity index (χ4v) is 2.00. The van der Waals surface area contributed by atoms with Crippen LogP contribution in [0.1, 0.15) is 30.1 Å². The third kappa shape index (κ3) is 5.78. The second-order valence-electron chi connectivity index (χ2n) is 4.46. The van der Waals surface area contributed by atoms with E-state index in [-0.39, 0.29) is 22.9 Å². The molecule has 118 valence electrons. The molecular weight excluding hydrogens is 401 g/mol. The van der Waals surface area contributed by atoms with Crippen LogP contribution in [0.3, 0.4) is 0 Å². The normalized spacial score (nSPS) is 9.73. The van der Waals surface area contributed by atoms with Gasteiger partial charge in [-0.15, -0.1) is 0 Å². The van der Waals surface area contributed by atoms with Crippen LogP contribution in [0.25, 0.3) is 10.4 Å². The molecule has 2 N–H and O–H groups in total. The van der Waals surface area contributed by atoms with Crippen molar-refractivity contribution < 1.29 is 14.7 Å². The number of halogens is 1. The summed E-state index contributed by atoms with van der Waals surface area (Å²) in [5.41, 5.74) is 8.66. The Balaban J connectivity index is 2.43. The van der Waals surface area contributed by atoms with Crippen molar-refractivity contribution in [3.05, 3.63) is 34.2 Å². The predicted octanol–water partition coefficient (Wildman–Crippen LogP) is 3.04. The number of phenolic OH excluding ortho intramolecular Hbond substituents is 1. The average molecular weight is 417 g/mol. The van der Waals surface area contributed by atoms with Crippen molar-refractivity contribution in [2.45, 2.75) is 19.8 Å². The quantitative estimate of drug-likeness (QED) is 0.177. The molecule has 0 bridgehead atoms. The Kier molecular flexibility index (Phi) is 7.47. The van der Waals surface area contributed by atoms with E-state index in [2.05, 4.69) is 15.3 Å². The highest BCUT2D eigenvalue weighted by Crippen LogP contribution is 2.23. The molecule has 1 rings (SSSR count). The molecule has 0 aliphatic heterocycles. The van der Waals surface area contributed by atoms with Gasteiger partial charge in [-0.3, -0.25) is 12.7 Å². The first-order chi connectivity index (χ1) is 10.5. The minimum absolute atomic E-state index is 0.00493. The number of aromatic hydroxyl groups is 1. The molecule has 0 saturated carbocycles. The smallest absolute Gasteiger partial charge is 0.255 e. The third-order valence-corrected chi connectivity index (χ3v) is 3.96. The lowest BCUT2D eigenvalue weighted by Gasteiger charge is -2.12. The van der Waals surface area contributed by atoms with Crippen LogP contribution in [-0.4, -0.2) is 33.1 Å². The SMILES string of the molecule is CC(=O)N(I)CCCCNC(=O)c1ccc(N=[N+]=[N-])cc1O. The number of azide groups is 1. The summed E-state index contributed by atoms with van der Waals surface area (Å²) in [5, 5.41) is 15.8. The highest BCUT2D eigenvalue weighted by Gasteiger charge is 2.11. The summed E-state index contributed by atoms with van der Waals surface area (Å²) in [6, 6.07) is 4.08. The minimum Gasteiger partial charge on any atom is -0.507 e. The molecule has 0 saturated heterocycles. The second kappa shape index (κ2) is 9.11. The highest BCUT2D eigenvalue weighted by molar-refractivity contribution is 14.1. The lowest BCUT2D eigenvalue weighted by atomic mass is 10.1. The summed E-state index contributed by atoms with van der Waals surface area (Å²) in [6.07, 6.45) is 1.49. The van der Waals surface area contributed by atoms with Gasteiger partial charge in [-0.2, -0.15) is 0 Å². The molecule has 0 heterocycles. The zero-order chi connectivity index (χ0) is 16.5. The molecular formula is C13H16IN5O3. The van der Waals surface area contributed by atoms with E-state index in [0.29, 0.717) is 13.1 Å². The van der Waals surface area contributed by atoms with Crippen LogP contribution in [-0.2, 0) is 4.79 Å². The van der Waals surface area contributed by atoms with Gasteiger partial charge in [0.25, 0.3) is 5.91 Å². The van der Waals surface area contributed by atoms with Crippen LogP contribution in [0, 0.1) is 0 Å². The number of carbonyl (C=O) groups excluding carboxylic acids is 2. The molecule has 0 spiro atoms. The molecule has 9 heteroatoms. The third-order valence-electron chi connectivity index (χ3n) is 2.79. The van der Waals surface area contributed by atoms with Crippen LogP contribution >= 0.6 is 22.9 Å². The molecule has 0 unspecified atom stereocenters. The molecule has 0 atom stereocenters. The maximum Gasteiger partial charge on any atom is 0.255 e. The predicted molar refractivity (Wildman–Crippen MR) is 89.9 cm³/mol. The van der Waals surface area contributed by atoms with Gasteiger partial charge in [0.15, 0.2) is 0 Å². The van der Waals surface area contributed by atoms with E-state index in [4.69, 9.17) is 5.53 Å². The van der Waals surface area contributed by atoms with Gasteiger partial charge in [0.1, 0.15) is 5.75 Å². The Hall–Kier alpha value is -2.00. The van der Waals surface area contributed by atoms with Gasteiger partial charge in [0, 0.05) is 30.6 Å². The zero-order valence-corrected chi connectivity index (χ0v) is 14.1. The Morgan fingerprint density at radius 3 is 2.77 bits per heavy atom. The maximum atomic E-state index is 11.9. The van der Waals surface area contributed by atoms with Crippen LogP contribution < -0.4 is 5.32 Å². The summed E-state index contributed by atoms with van der Waals surface area (Å²) in [4.78, 5) is 25.5. The number of unbranched alkanes of at least 4 members (excludes halogenated alkanes) is 1. The van der Waals surface area contributed by atoms with Crippen LogP contribution in [0.5, 0.6) is 5.75 Å². The fourth-order valence-electron chi connectivity index (χ4n) is 1.66. The Labute approximate surface area is 141 Å². The molecule has 8 nitrogen and oxygen atoms in total. The van der Waals surface area contributed by atoms with E-state index in [0.717, 1.165) is 12.8 Å². The second-order valence-corrected chi connectivity index (χ2v) is 5.62. The summed E-state index contributed by atoms with van der Waals surface area (Å²) >= 11 is 1.95. The van der Waals surface area contributed by atoms with Crippen LogP contribution in [0.2, 0.25) is 0 Å². The van der Waals surface area contributed by atoms with E-state index < -0.39 is 5.91 Å². The van der Waals surface area contributed by atoms with Crippen molar-refractivity contribution in [2.75, 3.05) is 13.1 Å². The molecule has 1 aromatic rings. The molecule has 0 aliphatic carbocycles. The van der Waals surface area contributed by atoms with Crippen molar-refractivity contribution in [3.63, 3.8) is 0 Å². The lowest BCUT2D eigenvalue weighted by Crippen LogP contribution is -2.25. The summed E-state index contributed by atoms with van der Waals surface area (Å²) in [5.74, 6) is -0.644. The van der Waals surface area contributed by atoms with Gasteiger partial charge in [-0.05, 0) is 30.5 Å². The molecule has 1 aromatic carbocycles. The number of benzene rings is 1. The van der Waals surface area contributed by atoms with E-state index in [9.17, 15) is 14.7 Å². The number of hydrogen-bond acceptors (Lipinski definition) is 4. The summed E-state index contributed by atoms with van der Waals surface area (Å²) in [6.45, 7) is 2.56. The highest BCUT2D eigenvalue weighted by atomic mass is 127. The molecule has 0 fully saturated rings.